The Morgan fingerprint density at radius 2 is 2.12 bits per heavy atom. The molecule has 1 aliphatic heterocycles. The van der Waals surface area contributed by atoms with Crippen LogP contribution in [0.25, 0.3) is 0 Å². The summed E-state index contributed by atoms with van der Waals surface area (Å²) in [6.07, 6.45) is 5.03. The second-order valence-electron chi connectivity index (χ2n) is 6.74. The van der Waals surface area contributed by atoms with Gasteiger partial charge in [-0.2, -0.15) is 0 Å². The van der Waals surface area contributed by atoms with Crippen LogP contribution in [0, 0.1) is 5.92 Å². The lowest BCUT2D eigenvalue weighted by Gasteiger charge is -2.28. The summed E-state index contributed by atoms with van der Waals surface area (Å²) in [7, 11) is 2.16. The summed E-state index contributed by atoms with van der Waals surface area (Å²) >= 11 is 3.41. The number of hydrogen-bond donors (Lipinski definition) is 1. The van der Waals surface area contributed by atoms with Gasteiger partial charge >= 0.3 is 0 Å². The van der Waals surface area contributed by atoms with E-state index in [-0.39, 0.29) is 5.91 Å². The summed E-state index contributed by atoms with van der Waals surface area (Å²) in [5.41, 5.74) is 0.551. The van der Waals surface area contributed by atoms with Crippen LogP contribution in [0.4, 0.5) is 0 Å². The maximum Gasteiger partial charge on any atom is 0.252 e. The number of pyridine rings is 1. The first-order chi connectivity index (χ1) is 12.6. The van der Waals surface area contributed by atoms with Crippen molar-refractivity contribution in [1.29, 1.82) is 0 Å². The summed E-state index contributed by atoms with van der Waals surface area (Å²) in [4.78, 5) is 18.8. The Balaban J connectivity index is 1.46. The van der Waals surface area contributed by atoms with Gasteiger partial charge in [-0.15, -0.1) is 0 Å². The molecule has 0 spiro atoms. The Labute approximate surface area is 162 Å². The van der Waals surface area contributed by atoms with Gasteiger partial charge in [0.1, 0.15) is 5.75 Å². The Bertz CT molecular complexity index is 728. The maximum atomic E-state index is 12.2. The fourth-order valence-corrected chi connectivity index (χ4v) is 3.45. The average Bonchev–Trinajstić information content (AvgIpc) is 2.64. The number of nitrogens with one attached hydrogen (secondary N) is 1. The standard InChI is InChI=1S/C20H24BrN3O2/c1-24-11-8-15(9-12-24)7-10-22-20(25)16-5-6-19(23-14-16)26-18-4-2-3-17(21)13-18/h2-6,13-15H,7-12H2,1H3,(H,22,25). The minimum Gasteiger partial charge on any atom is -0.439 e. The van der Waals surface area contributed by atoms with Crippen LogP contribution in [0.15, 0.2) is 47.1 Å². The molecule has 1 aromatic heterocycles. The first kappa shape index (κ1) is 18.9. The summed E-state index contributed by atoms with van der Waals surface area (Å²) < 4.78 is 6.63. The molecule has 2 heterocycles. The van der Waals surface area contributed by atoms with Crippen LogP contribution in [0.1, 0.15) is 29.6 Å². The molecule has 1 saturated heterocycles. The highest BCUT2D eigenvalue weighted by atomic mass is 79.9. The second kappa shape index (κ2) is 9.14. The van der Waals surface area contributed by atoms with Gasteiger partial charge in [0.05, 0.1) is 5.56 Å². The number of ether oxygens (including phenoxy) is 1. The monoisotopic (exact) mass is 417 g/mol. The SMILES string of the molecule is CN1CCC(CCNC(=O)c2ccc(Oc3cccc(Br)c3)nc2)CC1. The average molecular weight is 418 g/mol. The van der Waals surface area contributed by atoms with Crippen LogP contribution in [0.3, 0.4) is 0 Å². The van der Waals surface area contributed by atoms with Gasteiger partial charge in [-0.25, -0.2) is 4.98 Å². The van der Waals surface area contributed by atoms with Crippen LogP contribution in [-0.4, -0.2) is 42.5 Å². The summed E-state index contributed by atoms with van der Waals surface area (Å²) in [6, 6.07) is 11.0. The zero-order valence-corrected chi connectivity index (χ0v) is 16.5. The number of aromatic nitrogens is 1. The molecule has 0 aliphatic carbocycles. The van der Waals surface area contributed by atoms with E-state index in [0.717, 1.165) is 24.0 Å². The molecule has 0 radical (unpaired) electrons. The molecular formula is C20H24BrN3O2. The molecule has 5 nitrogen and oxygen atoms in total. The zero-order chi connectivity index (χ0) is 18.4. The van der Waals surface area contributed by atoms with Gasteiger partial charge in [0.15, 0.2) is 0 Å². The summed E-state index contributed by atoms with van der Waals surface area (Å²) in [5, 5.41) is 2.99. The van der Waals surface area contributed by atoms with Crippen LogP contribution in [0.5, 0.6) is 11.6 Å². The Morgan fingerprint density at radius 3 is 2.81 bits per heavy atom. The molecule has 2 aromatic rings. The number of carbonyl (C=O) groups excluding carboxylic acids is 1. The molecule has 1 aliphatic rings. The number of nitrogens with zero attached hydrogens (tertiary/aromatic N) is 2. The van der Waals surface area contributed by atoms with E-state index in [1.807, 2.05) is 24.3 Å². The Kier molecular flexibility index (Phi) is 6.63. The lowest BCUT2D eigenvalue weighted by Crippen LogP contribution is -2.32. The second-order valence-corrected chi connectivity index (χ2v) is 7.65. The number of piperidine rings is 1. The van der Waals surface area contributed by atoms with Gasteiger partial charge in [-0.1, -0.05) is 22.0 Å². The van der Waals surface area contributed by atoms with E-state index in [2.05, 4.69) is 38.2 Å². The van der Waals surface area contributed by atoms with E-state index >= 15 is 0 Å². The first-order valence-electron chi connectivity index (χ1n) is 8.96. The molecule has 138 valence electrons. The number of amides is 1. The van der Waals surface area contributed by atoms with Gasteiger partial charge < -0.3 is 15.0 Å². The minimum absolute atomic E-state index is 0.0839. The molecule has 0 unspecified atom stereocenters. The number of carbonyl (C=O) groups is 1. The molecule has 0 atom stereocenters. The van der Waals surface area contributed by atoms with Crippen molar-refractivity contribution >= 4 is 21.8 Å². The van der Waals surface area contributed by atoms with Crippen molar-refractivity contribution in [3.63, 3.8) is 0 Å². The van der Waals surface area contributed by atoms with Crippen molar-refractivity contribution in [3.8, 4) is 11.6 Å². The van der Waals surface area contributed by atoms with Crippen LogP contribution in [-0.2, 0) is 0 Å². The third kappa shape index (κ3) is 5.54. The van der Waals surface area contributed by atoms with E-state index in [9.17, 15) is 4.79 Å². The third-order valence-electron chi connectivity index (χ3n) is 4.69. The van der Waals surface area contributed by atoms with E-state index in [0.29, 0.717) is 29.7 Å². The van der Waals surface area contributed by atoms with Gasteiger partial charge in [-0.05, 0) is 69.6 Å². The minimum atomic E-state index is -0.0839. The van der Waals surface area contributed by atoms with Crippen molar-refractivity contribution in [2.24, 2.45) is 5.92 Å². The molecule has 3 rings (SSSR count). The van der Waals surface area contributed by atoms with Gasteiger partial charge in [0.2, 0.25) is 5.88 Å². The smallest absolute Gasteiger partial charge is 0.252 e. The molecule has 6 heteroatoms. The Hall–Kier alpha value is -1.92. The number of rotatable bonds is 6. The van der Waals surface area contributed by atoms with E-state index in [4.69, 9.17) is 4.74 Å². The molecule has 1 aromatic carbocycles. The maximum absolute atomic E-state index is 12.2. The van der Waals surface area contributed by atoms with Crippen molar-refractivity contribution in [2.45, 2.75) is 19.3 Å². The quantitative estimate of drug-likeness (QED) is 0.768. The highest BCUT2D eigenvalue weighted by Gasteiger charge is 2.16. The number of hydrogen-bond acceptors (Lipinski definition) is 4. The van der Waals surface area contributed by atoms with Gasteiger partial charge in [-0.3, -0.25) is 4.79 Å². The molecule has 0 saturated carbocycles. The van der Waals surface area contributed by atoms with E-state index < -0.39 is 0 Å². The topological polar surface area (TPSA) is 54.5 Å². The van der Waals surface area contributed by atoms with Crippen LogP contribution >= 0.6 is 15.9 Å². The lowest BCUT2D eigenvalue weighted by molar-refractivity contribution is 0.0948. The van der Waals surface area contributed by atoms with Crippen LogP contribution in [0.2, 0.25) is 0 Å². The van der Waals surface area contributed by atoms with E-state index in [1.54, 1.807) is 18.3 Å². The predicted octanol–water partition coefficient (Wildman–Crippen LogP) is 4.10. The highest BCUT2D eigenvalue weighted by Crippen LogP contribution is 2.23. The summed E-state index contributed by atoms with van der Waals surface area (Å²) in [5.74, 6) is 1.79. The van der Waals surface area contributed by atoms with Crippen molar-refractivity contribution in [3.05, 3.63) is 52.6 Å². The number of likely N-dealkylation sites (tertiary alicyclic amines) is 1. The predicted molar refractivity (Wildman–Crippen MR) is 106 cm³/mol. The molecule has 1 fully saturated rings. The molecule has 0 bridgehead atoms. The van der Waals surface area contributed by atoms with Gasteiger partial charge in [0, 0.05) is 23.3 Å². The van der Waals surface area contributed by atoms with Crippen LogP contribution < -0.4 is 10.1 Å². The number of halogens is 1. The van der Waals surface area contributed by atoms with Crippen molar-refractivity contribution in [1.82, 2.24) is 15.2 Å². The zero-order valence-electron chi connectivity index (χ0n) is 15.0. The van der Waals surface area contributed by atoms with Crippen molar-refractivity contribution in [2.75, 3.05) is 26.7 Å². The molecule has 1 N–H and O–H groups in total. The van der Waals surface area contributed by atoms with E-state index in [1.165, 1.54) is 12.8 Å². The molecule has 1 amide bonds. The van der Waals surface area contributed by atoms with Crippen molar-refractivity contribution < 1.29 is 9.53 Å². The lowest BCUT2D eigenvalue weighted by atomic mass is 9.94. The summed E-state index contributed by atoms with van der Waals surface area (Å²) in [6.45, 7) is 3.02. The fraction of sp³-hybridized carbons (Fsp3) is 0.400. The largest absolute Gasteiger partial charge is 0.439 e. The van der Waals surface area contributed by atoms with Gasteiger partial charge in [0.25, 0.3) is 5.91 Å². The molecule has 26 heavy (non-hydrogen) atoms. The third-order valence-corrected chi connectivity index (χ3v) is 5.19. The molecular weight excluding hydrogens is 394 g/mol. The normalized spacial score (nSPS) is 15.6. The Morgan fingerprint density at radius 1 is 1.31 bits per heavy atom. The number of benzene rings is 1. The first-order valence-corrected chi connectivity index (χ1v) is 9.75. The fourth-order valence-electron chi connectivity index (χ4n) is 3.07. The highest BCUT2D eigenvalue weighted by molar-refractivity contribution is 9.10.